The molecule has 4 rings (SSSR count). The smallest absolute Gasteiger partial charge is 0.283 e. The third kappa shape index (κ3) is 4.35. The van der Waals surface area contributed by atoms with Crippen molar-refractivity contribution in [2.75, 3.05) is 10.2 Å². The van der Waals surface area contributed by atoms with Gasteiger partial charge in [0.2, 0.25) is 0 Å². The molecule has 4 nitrogen and oxygen atoms in total. The lowest BCUT2D eigenvalue weighted by Crippen LogP contribution is -2.33. The molecule has 0 radical (unpaired) electrons. The molecule has 2 amide bonds. The molecule has 0 saturated heterocycles. The molecule has 0 saturated carbocycles. The summed E-state index contributed by atoms with van der Waals surface area (Å²) in [7, 11) is 0. The molecule has 0 aliphatic carbocycles. The van der Waals surface area contributed by atoms with E-state index in [4.69, 9.17) is 23.2 Å². The summed E-state index contributed by atoms with van der Waals surface area (Å²) in [5, 5.41) is 3.86. The Kier molecular flexibility index (Phi) is 6.10. The van der Waals surface area contributed by atoms with Crippen molar-refractivity contribution in [1.82, 2.24) is 0 Å². The first kappa shape index (κ1) is 21.5. The highest BCUT2D eigenvalue weighted by atomic mass is 35.5. The van der Waals surface area contributed by atoms with Gasteiger partial charge in [0.05, 0.1) is 15.7 Å². The molecule has 1 N–H and O–H groups in total. The fraction of sp³-hybridized carbons (Fsp3) is 0.0833. The van der Waals surface area contributed by atoms with E-state index in [1.807, 2.05) is 62.4 Å². The van der Waals surface area contributed by atoms with Crippen molar-refractivity contribution in [3.8, 4) is 0 Å². The molecular weight excluding hydrogens is 451 g/mol. The number of nitrogens with zero attached hydrogens (tertiary/aromatic N) is 1. The van der Waals surface area contributed by atoms with Gasteiger partial charge in [0.15, 0.2) is 0 Å². The molecule has 0 aromatic heterocycles. The van der Waals surface area contributed by atoms with E-state index in [2.05, 4.69) is 5.32 Å². The average molecular weight is 469 g/mol. The van der Waals surface area contributed by atoms with E-state index in [1.165, 1.54) is 16.7 Å². The van der Waals surface area contributed by atoms with Crippen LogP contribution >= 0.6 is 35.0 Å². The third-order valence-corrected chi connectivity index (χ3v) is 6.63. The molecule has 3 aromatic carbocycles. The lowest BCUT2D eigenvalue weighted by Gasteiger charge is -2.18. The van der Waals surface area contributed by atoms with E-state index >= 15 is 0 Å². The Labute approximate surface area is 194 Å². The normalized spacial score (nSPS) is 13.9. The van der Waals surface area contributed by atoms with Gasteiger partial charge in [0.25, 0.3) is 11.8 Å². The van der Waals surface area contributed by atoms with Gasteiger partial charge < -0.3 is 5.32 Å². The van der Waals surface area contributed by atoms with Crippen molar-refractivity contribution >= 4 is 58.2 Å². The van der Waals surface area contributed by atoms with Crippen LogP contribution in [0.5, 0.6) is 0 Å². The summed E-state index contributed by atoms with van der Waals surface area (Å²) in [5.74, 6) is -0.779. The van der Waals surface area contributed by atoms with E-state index in [9.17, 15) is 9.59 Å². The van der Waals surface area contributed by atoms with Gasteiger partial charge in [-0.3, -0.25) is 9.59 Å². The van der Waals surface area contributed by atoms with Crippen LogP contribution in [-0.2, 0) is 9.59 Å². The molecule has 0 fully saturated rings. The summed E-state index contributed by atoms with van der Waals surface area (Å²) >= 11 is 13.4. The van der Waals surface area contributed by atoms with Gasteiger partial charge >= 0.3 is 0 Å². The minimum absolute atomic E-state index is 0.207. The predicted octanol–water partition coefficient (Wildman–Crippen LogP) is 6.60. The molecule has 7 heteroatoms. The lowest BCUT2D eigenvalue weighted by atomic mass is 10.1. The molecule has 0 unspecified atom stereocenters. The number of benzene rings is 3. The Balaban J connectivity index is 1.78. The van der Waals surface area contributed by atoms with Crippen LogP contribution in [0.15, 0.2) is 82.2 Å². The van der Waals surface area contributed by atoms with Gasteiger partial charge in [-0.2, -0.15) is 0 Å². The zero-order valence-electron chi connectivity index (χ0n) is 16.8. The Bertz CT molecular complexity index is 1230. The first-order valence-corrected chi connectivity index (χ1v) is 11.1. The van der Waals surface area contributed by atoms with Gasteiger partial charge in [-0.05, 0) is 61.4 Å². The highest BCUT2D eigenvalue weighted by molar-refractivity contribution is 8.04. The first-order chi connectivity index (χ1) is 14.8. The number of thioether (sulfide) groups is 1. The Morgan fingerprint density at radius 1 is 0.839 bits per heavy atom. The van der Waals surface area contributed by atoms with E-state index in [0.29, 0.717) is 26.3 Å². The maximum absolute atomic E-state index is 13.4. The number of hydrogen-bond donors (Lipinski definition) is 1. The van der Waals surface area contributed by atoms with Crippen molar-refractivity contribution in [2.24, 2.45) is 0 Å². The number of rotatable bonds is 5. The van der Waals surface area contributed by atoms with Crippen molar-refractivity contribution < 1.29 is 9.59 Å². The lowest BCUT2D eigenvalue weighted by molar-refractivity contribution is -0.120. The van der Waals surface area contributed by atoms with Crippen LogP contribution in [0.2, 0.25) is 10.0 Å². The second-order valence-corrected chi connectivity index (χ2v) is 9.01. The van der Waals surface area contributed by atoms with Crippen LogP contribution in [0.1, 0.15) is 11.1 Å². The summed E-state index contributed by atoms with van der Waals surface area (Å²) in [4.78, 5) is 29.3. The highest BCUT2D eigenvalue weighted by Crippen LogP contribution is 2.39. The van der Waals surface area contributed by atoms with Crippen LogP contribution in [0, 0.1) is 13.8 Å². The largest absolute Gasteiger partial charge is 0.350 e. The number of carbonyl (C=O) groups is 2. The third-order valence-electron chi connectivity index (χ3n) is 4.80. The number of anilines is 2. The molecule has 3 aromatic rings. The molecule has 31 heavy (non-hydrogen) atoms. The molecule has 0 bridgehead atoms. The molecule has 1 aliphatic rings. The summed E-state index contributed by atoms with van der Waals surface area (Å²) in [6, 6.07) is 20.1. The van der Waals surface area contributed by atoms with E-state index in [1.54, 1.807) is 18.2 Å². The van der Waals surface area contributed by atoms with Crippen molar-refractivity contribution in [3.63, 3.8) is 0 Å². The van der Waals surface area contributed by atoms with Crippen LogP contribution in [0.3, 0.4) is 0 Å². The Hall–Kier alpha value is -2.73. The number of carbonyl (C=O) groups excluding carboxylic acids is 2. The van der Waals surface area contributed by atoms with Gasteiger partial charge in [0, 0.05) is 10.6 Å². The SMILES string of the molecule is Cc1ccc(C)c(N2C(=O)C(Nc3ccc(Cl)c(Cl)c3)=C(Sc3ccccc3)C2=O)c1. The quantitative estimate of drug-likeness (QED) is 0.428. The van der Waals surface area contributed by atoms with Crippen molar-refractivity contribution in [3.05, 3.63) is 98.5 Å². The number of nitrogens with one attached hydrogen (secondary N) is 1. The highest BCUT2D eigenvalue weighted by Gasteiger charge is 2.40. The van der Waals surface area contributed by atoms with Crippen LogP contribution in [-0.4, -0.2) is 11.8 Å². The molecular formula is C24H18Cl2N2O2S. The van der Waals surface area contributed by atoms with E-state index < -0.39 is 5.91 Å². The first-order valence-electron chi connectivity index (χ1n) is 9.50. The minimum Gasteiger partial charge on any atom is -0.350 e. The standard InChI is InChI=1S/C24H18Cl2N2O2S/c1-14-8-9-15(2)20(12-14)28-23(29)21(27-16-10-11-18(25)19(26)13-16)22(24(28)30)31-17-6-4-3-5-7-17/h3-13,27H,1-2H3. The second-order valence-electron chi connectivity index (χ2n) is 7.11. The maximum Gasteiger partial charge on any atom is 0.283 e. The fourth-order valence-electron chi connectivity index (χ4n) is 3.22. The zero-order chi connectivity index (χ0) is 22.1. The summed E-state index contributed by atoms with van der Waals surface area (Å²) in [6.07, 6.45) is 0. The van der Waals surface area contributed by atoms with Crippen molar-refractivity contribution in [1.29, 1.82) is 0 Å². The number of aryl methyl sites for hydroxylation is 2. The van der Waals surface area contributed by atoms with Crippen LogP contribution in [0.25, 0.3) is 0 Å². The maximum atomic E-state index is 13.4. The summed E-state index contributed by atoms with van der Waals surface area (Å²) in [6.45, 7) is 3.81. The van der Waals surface area contributed by atoms with Gasteiger partial charge in [-0.1, -0.05) is 65.3 Å². The zero-order valence-corrected chi connectivity index (χ0v) is 19.1. The molecule has 1 heterocycles. The van der Waals surface area contributed by atoms with Crippen LogP contribution < -0.4 is 10.2 Å². The van der Waals surface area contributed by atoms with Crippen LogP contribution in [0.4, 0.5) is 11.4 Å². The van der Waals surface area contributed by atoms with Gasteiger partial charge in [-0.25, -0.2) is 4.90 Å². The summed E-state index contributed by atoms with van der Waals surface area (Å²) in [5.41, 5.74) is 3.15. The summed E-state index contributed by atoms with van der Waals surface area (Å²) < 4.78 is 0. The topological polar surface area (TPSA) is 49.4 Å². The molecule has 0 spiro atoms. The number of halogens is 2. The number of amides is 2. The minimum atomic E-state index is -0.414. The number of imide groups is 1. The molecule has 1 aliphatic heterocycles. The molecule has 156 valence electrons. The van der Waals surface area contributed by atoms with Gasteiger partial charge in [0.1, 0.15) is 10.6 Å². The second kappa shape index (κ2) is 8.79. The monoisotopic (exact) mass is 468 g/mol. The van der Waals surface area contributed by atoms with E-state index in [-0.39, 0.29) is 11.6 Å². The Morgan fingerprint density at radius 2 is 1.58 bits per heavy atom. The fourth-order valence-corrected chi connectivity index (χ4v) is 4.46. The van der Waals surface area contributed by atoms with Crippen molar-refractivity contribution in [2.45, 2.75) is 18.7 Å². The average Bonchev–Trinajstić information content (AvgIpc) is 2.97. The Morgan fingerprint density at radius 3 is 2.29 bits per heavy atom. The van der Waals surface area contributed by atoms with E-state index in [0.717, 1.165) is 16.0 Å². The predicted molar refractivity (Wildman–Crippen MR) is 128 cm³/mol. The van der Waals surface area contributed by atoms with Gasteiger partial charge in [-0.15, -0.1) is 0 Å². The molecule has 0 atom stereocenters. The number of hydrogen-bond acceptors (Lipinski definition) is 4.